The average molecular weight is 225 g/mol. The molecule has 1 fully saturated rings. The van der Waals surface area contributed by atoms with Crippen LogP contribution in [0.15, 0.2) is 12.1 Å². The predicted molar refractivity (Wildman–Crippen MR) is 59.5 cm³/mol. The van der Waals surface area contributed by atoms with E-state index in [1.807, 2.05) is 0 Å². The number of methoxy groups -OCH3 is 1. The molecule has 1 heterocycles. The number of halogens is 1. The maximum absolute atomic E-state index is 13.4. The molecule has 0 saturated carbocycles. The Bertz CT molecular complexity index is 376. The number of benzene rings is 1. The van der Waals surface area contributed by atoms with Crippen molar-refractivity contribution in [2.24, 2.45) is 0 Å². The second-order valence-corrected chi connectivity index (χ2v) is 4.10. The summed E-state index contributed by atoms with van der Waals surface area (Å²) < 4.78 is 18.4. The molecule has 0 aliphatic carbocycles. The minimum absolute atomic E-state index is 0.209. The summed E-state index contributed by atoms with van der Waals surface area (Å²) in [4.78, 5) is 0. The predicted octanol–water partition coefficient (Wildman–Crippen LogP) is 2.01. The summed E-state index contributed by atoms with van der Waals surface area (Å²) in [5.74, 6) is -0.506. The van der Waals surface area contributed by atoms with Gasteiger partial charge < -0.3 is 15.2 Å². The number of piperidine rings is 1. The molecule has 1 aliphatic rings. The van der Waals surface area contributed by atoms with Gasteiger partial charge in [-0.15, -0.1) is 0 Å². The highest BCUT2D eigenvalue weighted by Crippen LogP contribution is 2.34. The fraction of sp³-hybridized carbons (Fsp3) is 0.500. The van der Waals surface area contributed by atoms with Crippen molar-refractivity contribution in [1.29, 1.82) is 0 Å². The molecule has 1 aromatic carbocycles. The Hall–Kier alpha value is -1.29. The van der Waals surface area contributed by atoms with Crippen molar-refractivity contribution in [3.8, 4) is 11.5 Å². The fourth-order valence-electron chi connectivity index (χ4n) is 2.12. The first kappa shape index (κ1) is 11.2. The Kier molecular flexibility index (Phi) is 3.29. The number of nitrogens with one attached hydrogen (secondary N) is 1. The Morgan fingerprint density at radius 2 is 2.31 bits per heavy atom. The summed E-state index contributed by atoms with van der Waals surface area (Å²) >= 11 is 0. The van der Waals surface area contributed by atoms with Gasteiger partial charge in [0.2, 0.25) is 0 Å². The van der Waals surface area contributed by atoms with Gasteiger partial charge in [0, 0.05) is 6.54 Å². The van der Waals surface area contributed by atoms with Crippen molar-refractivity contribution in [3.63, 3.8) is 0 Å². The zero-order chi connectivity index (χ0) is 11.5. The van der Waals surface area contributed by atoms with Gasteiger partial charge in [-0.25, -0.2) is 4.39 Å². The number of phenols is 1. The van der Waals surface area contributed by atoms with Crippen LogP contribution in [0.1, 0.15) is 24.3 Å². The highest BCUT2D eigenvalue weighted by atomic mass is 19.1. The first-order chi connectivity index (χ1) is 7.72. The first-order valence-electron chi connectivity index (χ1n) is 5.49. The minimum atomic E-state index is -0.611. The molecule has 2 N–H and O–H groups in total. The first-order valence-corrected chi connectivity index (χ1v) is 5.49. The van der Waals surface area contributed by atoms with Crippen LogP contribution < -0.4 is 10.1 Å². The van der Waals surface area contributed by atoms with Crippen LogP contribution in [-0.4, -0.2) is 25.3 Å². The lowest BCUT2D eigenvalue weighted by atomic mass is 9.91. The van der Waals surface area contributed by atoms with Gasteiger partial charge in [-0.05, 0) is 43.0 Å². The Morgan fingerprint density at radius 1 is 1.50 bits per heavy atom. The molecule has 1 saturated heterocycles. The molecule has 0 bridgehead atoms. The molecule has 1 atom stereocenters. The summed E-state index contributed by atoms with van der Waals surface area (Å²) in [6.07, 6.45) is 2.13. The van der Waals surface area contributed by atoms with E-state index in [-0.39, 0.29) is 5.75 Å². The molecule has 2 rings (SSSR count). The van der Waals surface area contributed by atoms with Crippen LogP contribution in [0, 0.1) is 5.82 Å². The maximum Gasteiger partial charge on any atom is 0.194 e. The van der Waals surface area contributed by atoms with Crippen LogP contribution in [0.25, 0.3) is 0 Å². The summed E-state index contributed by atoms with van der Waals surface area (Å²) in [6, 6.07) is 3.12. The van der Waals surface area contributed by atoms with Gasteiger partial charge in [0.25, 0.3) is 0 Å². The Morgan fingerprint density at radius 3 is 2.94 bits per heavy atom. The van der Waals surface area contributed by atoms with E-state index >= 15 is 0 Å². The molecule has 88 valence electrons. The molecular weight excluding hydrogens is 209 g/mol. The molecule has 4 heteroatoms. The lowest BCUT2D eigenvalue weighted by Crippen LogP contribution is -2.28. The van der Waals surface area contributed by atoms with E-state index < -0.39 is 11.6 Å². The molecule has 1 aliphatic heterocycles. The van der Waals surface area contributed by atoms with Crippen LogP contribution in [0.5, 0.6) is 11.5 Å². The maximum atomic E-state index is 13.4. The second-order valence-electron chi connectivity index (χ2n) is 4.10. The summed E-state index contributed by atoms with van der Waals surface area (Å²) in [7, 11) is 1.43. The molecule has 16 heavy (non-hydrogen) atoms. The topological polar surface area (TPSA) is 41.5 Å². The average Bonchev–Trinajstić information content (AvgIpc) is 2.33. The standard InChI is InChI=1S/C12H16FNO2/c1-16-11-6-9(5-10(13)12(11)15)8-3-2-4-14-7-8/h5-6,8,14-15H,2-4,7H2,1H3. The lowest BCUT2D eigenvalue weighted by molar-refractivity contribution is 0.354. The third-order valence-corrected chi connectivity index (χ3v) is 3.04. The van der Waals surface area contributed by atoms with Crippen molar-refractivity contribution in [2.45, 2.75) is 18.8 Å². The minimum Gasteiger partial charge on any atom is -0.502 e. The molecule has 0 spiro atoms. The van der Waals surface area contributed by atoms with E-state index in [2.05, 4.69) is 5.32 Å². The lowest BCUT2D eigenvalue weighted by Gasteiger charge is -2.23. The largest absolute Gasteiger partial charge is 0.502 e. The summed E-state index contributed by atoms with van der Waals surface area (Å²) in [5, 5.41) is 12.7. The zero-order valence-corrected chi connectivity index (χ0v) is 9.29. The normalized spacial score (nSPS) is 20.8. The van der Waals surface area contributed by atoms with E-state index in [0.29, 0.717) is 5.92 Å². The van der Waals surface area contributed by atoms with Gasteiger partial charge in [0.1, 0.15) is 0 Å². The van der Waals surface area contributed by atoms with Gasteiger partial charge in [0.05, 0.1) is 7.11 Å². The Balaban J connectivity index is 2.29. The molecule has 0 radical (unpaired) electrons. The summed E-state index contributed by atoms with van der Waals surface area (Å²) in [5.41, 5.74) is 0.888. The van der Waals surface area contributed by atoms with Crippen LogP contribution in [0.2, 0.25) is 0 Å². The second kappa shape index (κ2) is 4.70. The molecule has 1 aromatic rings. The van der Waals surface area contributed by atoms with E-state index in [4.69, 9.17) is 4.74 Å². The third kappa shape index (κ3) is 2.11. The molecular formula is C12H16FNO2. The number of rotatable bonds is 2. The number of hydrogen-bond donors (Lipinski definition) is 2. The number of hydrogen-bond acceptors (Lipinski definition) is 3. The van der Waals surface area contributed by atoms with Crippen molar-refractivity contribution in [3.05, 3.63) is 23.5 Å². The van der Waals surface area contributed by atoms with Crippen molar-refractivity contribution in [1.82, 2.24) is 5.32 Å². The Labute approximate surface area is 94.2 Å². The van der Waals surface area contributed by atoms with E-state index in [1.165, 1.54) is 13.2 Å². The van der Waals surface area contributed by atoms with Crippen molar-refractivity contribution in [2.75, 3.05) is 20.2 Å². The molecule has 0 amide bonds. The van der Waals surface area contributed by atoms with Gasteiger partial charge >= 0.3 is 0 Å². The van der Waals surface area contributed by atoms with Gasteiger partial charge in [-0.2, -0.15) is 0 Å². The highest BCUT2D eigenvalue weighted by molar-refractivity contribution is 5.44. The molecule has 1 unspecified atom stereocenters. The van der Waals surface area contributed by atoms with E-state index in [1.54, 1.807) is 6.07 Å². The van der Waals surface area contributed by atoms with Gasteiger partial charge in [-0.1, -0.05) is 0 Å². The fourth-order valence-corrected chi connectivity index (χ4v) is 2.12. The van der Waals surface area contributed by atoms with E-state index in [0.717, 1.165) is 31.5 Å². The number of ether oxygens (including phenoxy) is 1. The molecule has 3 nitrogen and oxygen atoms in total. The summed E-state index contributed by atoms with van der Waals surface area (Å²) in [6.45, 7) is 1.88. The van der Waals surface area contributed by atoms with Crippen LogP contribution in [-0.2, 0) is 0 Å². The van der Waals surface area contributed by atoms with Gasteiger partial charge in [0.15, 0.2) is 17.3 Å². The SMILES string of the molecule is COc1cc(C2CCCNC2)cc(F)c1O. The third-order valence-electron chi connectivity index (χ3n) is 3.04. The quantitative estimate of drug-likeness (QED) is 0.809. The van der Waals surface area contributed by atoms with Crippen LogP contribution >= 0.6 is 0 Å². The highest BCUT2D eigenvalue weighted by Gasteiger charge is 2.19. The van der Waals surface area contributed by atoms with E-state index in [9.17, 15) is 9.50 Å². The monoisotopic (exact) mass is 225 g/mol. The van der Waals surface area contributed by atoms with Crippen molar-refractivity contribution >= 4 is 0 Å². The number of phenolic OH excluding ortho intramolecular Hbond substituents is 1. The number of aromatic hydroxyl groups is 1. The smallest absolute Gasteiger partial charge is 0.194 e. The van der Waals surface area contributed by atoms with Crippen LogP contribution in [0.4, 0.5) is 4.39 Å². The zero-order valence-electron chi connectivity index (χ0n) is 9.29. The van der Waals surface area contributed by atoms with Crippen molar-refractivity contribution < 1.29 is 14.2 Å². The van der Waals surface area contributed by atoms with Gasteiger partial charge in [-0.3, -0.25) is 0 Å². The molecule has 0 aromatic heterocycles. The van der Waals surface area contributed by atoms with Crippen LogP contribution in [0.3, 0.4) is 0 Å².